The van der Waals surface area contributed by atoms with Crippen LogP contribution in [0.1, 0.15) is 38.7 Å². The van der Waals surface area contributed by atoms with E-state index in [2.05, 4.69) is 21.2 Å². The second-order valence-corrected chi connectivity index (χ2v) is 12.7. The molecule has 3 rings (SSSR count). The normalized spacial score (nSPS) is 12.0. The van der Waals surface area contributed by atoms with E-state index >= 15 is 0 Å². The molecule has 0 unspecified atom stereocenters. The zero-order valence-corrected chi connectivity index (χ0v) is 26.2. The van der Waals surface area contributed by atoms with Crippen LogP contribution in [0.2, 0.25) is 10.0 Å². The zero-order valence-electron chi connectivity index (χ0n) is 22.3. The van der Waals surface area contributed by atoms with Gasteiger partial charge < -0.3 is 10.2 Å². The topological polar surface area (TPSA) is 86.8 Å². The van der Waals surface area contributed by atoms with Crippen LogP contribution in [-0.4, -0.2) is 44.3 Å². The van der Waals surface area contributed by atoms with Crippen molar-refractivity contribution < 1.29 is 18.0 Å². The summed E-state index contributed by atoms with van der Waals surface area (Å²) in [6.07, 6.45) is 2.02. The standard InChI is InChI=1S/C29H32BrCl2N3O4S/c1-3-5-17-33-29(37)27(4-2)34(19-21-11-14-23(31)18-26(21)32)28(36)20-35(24-15-12-22(30)13-16-24)40(38,39)25-9-7-6-8-10-25/h6-16,18,27H,3-5,17,19-20H2,1-2H3,(H,33,37)/t27-/m0/s1. The van der Waals surface area contributed by atoms with Crippen LogP contribution in [-0.2, 0) is 26.2 Å². The van der Waals surface area contributed by atoms with Crippen molar-refractivity contribution in [2.75, 3.05) is 17.4 Å². The average Bonchev–Trinajstić information content (AvgIpc) is 2.93. The van der Waals surface area contributed by atoms with Crippen molar-refractivity contribution in [1.29, 1.82) is 0 Å². The minimum Gasteiger partial charge on any atom is -0.354 e. The first kappa shape index (κ1) is 31.9. The lowest BCUT2D eigenvalue weighted by Gasteiger charge is -2.33. The van der Waals surface area contributed by atoms with Gasteiger partial charge in [0, 0.05) is 27.6 Å². The Bertz CT molecular complexity index is 1410. The minimum absolute atomic E-state index is 0.00585. The molecule has 0 spiro atoms. The van der Waals surface area contributed by atoms with Gasteiger partial charge >= 0.3 is 0 Å². The molecule has 0 saturated heterocycles. The first-order valence-electron chi connectivity index (χ1n) is 12.9. The molecule has 0 fully saturated rings. The van der Waals surface area contributed by atoms with E-state index in [0.29, 0.717) is 34.3 Å². The van der Waals surface area contributed by atoms with Gasteiger partial charge in [-0.25, -0.2) is 8.42 Å². The molecule has 0 aliphatic heterocycles. The Morgan fingerprint density at radius 3 is 2.25 bits per heavy atom. The lowest BCUT2D eigenvalue weighted by Crippen LogP contribution is -2.52. The highest BCUT2D eigenvalue weighted by atomic mass is 79.9. The number of halogens is 3. The molecule has 0 radical (unpaired) electrons. The molecule has 0 heterocycles. The number of anilines is 1. The van der Waals surface area contributed by atoms with Crippen molar-refractivity contribution in [3.05, 3.63) is 92.9 Å². The van der Waals surface area contributed by atoms with E-state index in [-0.39, 0.29) is 17.3 Å². The Hall–Kier alpha value is -2.59. The van der Waals surface area contributed by atoms with Gasteiger partial charge in [0.25, 0.3) is 10.0 Å². The number of nitrogens with zero attached hydrogens (tertiary/aromatic N) is 2. The summed E-state index contributed by atoms with van der Waals surface area (Å²) in [6, 6.07) is 18.6. The first-order chi connectivity index (χ1) is 19.1. The smallest absolute Gasteiger partial charge is 0.264 e. The molecule has 7 nitrogen and oxygen atoms in total. The minimum atomic E-state index is -4.13. The molecule has 40 heavy (non-hydrogen) atoms. The van der Waals surface area contributed by atoms with E-state index in [1.165, 1.54) is 17.0 Å². The van der Waals surface area contributed by atoms with Gasteiger partial charge in [-0.2, -0.15) is 0 Å². The summed E-state index contributed by atoms with van der Waals surface area (Å²) in [5.74, 6) is -0.860. The molecule has 0 bridgehead atoms. The lowest BCUT2D eigenvalue weighted by atomic mass is 10.1. The molecule has 2 amide bonds. The predicted molar refractivity (Wildman–Crippen MR) is 164 cm³/mol. The number of hydrogen-bond acceptors (Lipinski definition) is 4. The molecule has 1 N–H and O–H groups in total. The van der Waals surface area contributed by atoms with Crippen LogP contribution >= 0.6 is 39.1 Å². The summed E-state index contributed by atoms with van der Waals surface area (Å²) in [7, 11) is -4.13. The zero-order chi connectivity index (χ0) is 29.3. The van der Waals surface area contributed by atoms with Crippen molar-refractivity contribution in [3.8, 4) is 0 Å². The average molecular weight is 669 g/mol. The van der Waals surface area contributed by atoms with Crippen molar-refractivity contribution in [2.45, 2.75) is 50.6 Å². The molecule has 0 aromatic heterocycles. The summed E-state index contributed by atoms with van der Waals surface area (Å²) in [4.78, 5) is 28.7. The van der Waals surface area contributed by atoms with Gasteiger partial charge in [-0.1, -0.05) is 83.7 Å². The Labute approximate surface area is 254 Å². The van der Waals surface area contributed by atoms with Gasteiger partial charge in [0.2, 0.25) is 11.8 Å². The molecule has 3 aromatic carbocycles. The summed E-state index contributed by atoms with van der Waals surface area (Å²) in [5.41, 5.74) is 0.894. The molecule has 1 atom stereocenters. The molecule has 3 aromatic rings. The second-order valence-electron chi connectivity index (χ2n) is 9.13. The maximum Gasteiger partial charge on any atom is 0.264 e. The second kappa shape index (κ2) is 14.9. The fraction of sp³-hybridized carbons (Fsp3) is 0.310. The van der Waals surface area contributed by atoms with Crippen LogP contribution in [0.3, 0.4) is 0 Å². The fourth-order valence-electron chi connectivity index (χ4n) is 4.11. The van der Waals surface area contributed by atoms with Crippen LogP contribution in [0.15, 0.2) is 82.2 Å². The number of rotatable bonds is 13. The maximum atomic E-state index is 14.1. The van der Waals surface area contributed by atoms with Gasteiger partial charge in [0.15, 0.2) is 0 Å². The van der Waals surface area contributed by atoms with Crippen molar-refractivity contribution >= 4 is 66.7 Å². The molecule has 0 saturated carbocycles. The Morgan fingerprint density at radius 2 is 1.65 bits per heavy atom. The summed E-state index contributed by atoms with van der Waals surface area (Å²) in [6.45, 7) is 3.77. The van der Waals surface area contributed by atoms with Crippen molar-refractivity contribution in [3.63, 3.8) is 0 Å². The largest absolute Gasteiger partial charge is 0.354 e. The number of hydrogen-bond donors (Lipinski definition) is 1. The number of amides is 2. The van der Waals surface area contributed by atoms with E-state index in [0.717, 1.165) is 21.6 Å². The maximum absolute atomic E-state index is 14.1. The number of benzene rings is 3. The van der Waals surface area contributed by atoms with Gasteiger partial charge in [-0.3, -0.25) is 13.9 Å². The third-order valence-corrected chi connectivity index (χ3v) is 9.20. The van der Waals surface area contributed by atoms with E-state index in [1.54, 1.807) is 67.6 Å². The van der Waals surface area contributed by atoms with Crippen LogP contribution in [0.5, 0.6) is 0 Å². The summed E-state index contributed by atoms with van der Waals surface area (Å²) < 4.78 is 29.4. The molecular weight excluding hydrogens is 637 g/mol. The van der Waals surface area contributed by atoms with E-state index < -0.39 is 28.5 Å². The first-order valence-corrected chi connectivity index (χ1v) is 15.9. The van der Waals surface area contributed by atoms with Crippen LogP contribution in [0.25, 0.3) is 0 Å². The van der Waals surface area contributed by atoms with Gasteiger partial charge in [0.05, 0.1) is 10.6 Å². The molecule has 0 aliphatic carbocycles. The highest BCUT2D eigenvalue weighted by Crippen LogP contribution is 2.27. The van der Waals surface area contributed by atoms with E-state index in [4.69, 9.17) is 23.2 Å². The number of nitrogens with one attached hydrogen (secondary N) is 1. The number of unbranched alkanes of at least 4 members (excludes halogenated alkanes) is 1. The quantitative estimate of drug-likeness (QED) is 0.206. The van der Waals surface area contributed by atoms with Gasteiger partial charge in [0.1, 0.15) is 12.6 Å². The van der Waals surface area contributed by atoms with Crippen LogP contribution < -0.4 is 9.62 Å². The third kappa shape index (κ3) is 8.22. The lowest BCUT2D eigenvalue weighted by molar-refractivity contribution is -0.140. The Kier molecular flexibility index (Phi) is 11.9. The summed E-state index contributed by atoms with van der Waals surface area (Å²) >= 11 is 15.9. The van der Waals surface area contributed by atoms with Gasteiger partial charge in [-0.15, -0.1) is 0 Å². The van der Waals surface area contributed by atoms with Crippen molar-refractivity contribution in [1.82, 2.24) is 10.2 Å². The van der Waals surface area contributed by atoms with E-state index in [1.807, 2.05) is 6.92 Å². The molecule has 0 aliphatic rings. The monoisotopic (exact) mass is 667 g/mol. The van der Waals surface area contributed by atoms with Gasteiger partial charge in [-0.05, 0) is 66.9 Å². The molecular formula is C29H32BrCl2N3O4S. The number of carbonyl (C=O) groups is 2. The molecule has 11 heteroatoms. The fourth-order valence-corrected chi connectivity index (χ4v) is 6.28. The third-order valence-electron chi connectivity index (χ3n) is 6.30. The highest BCUT2D eigenvalue weighted by Gasteiger charge is 2.33. The Morgan fingerprint density at radius 1 is 0.975 bits per heavy atom. The van der Waals surface area contributed by atoms with Crippen LogP contribution in [0.4, 0.5) is 5.69 Å². The van der Waals surface area contributed by atoms with Crippen LogP contribution in [0, 0.1) is 0 Å². The number of carbonyl (C=O) groups excluding carboxylic acids is 2. The van der Waals surface area contributed by atoms with E-state index in [9.17, 15) is 18.0 Å². The molecule has 214 valence electrons. The SMILES string of the molecule is CCCCNC(=O)[C@H](CC)N(Cc1ccc(Cl)cc1Cl)C(=O)CN(c1ccc(Br)cc1)S(=O)(=O)c1ccccc1. The highest BCUT2D eigenvalue weighted by molar-refractivity contribution is 9.10. The summed E-state index contributed by atoms with van der Waals surface area (Å²) in [5, 5.41) is 3.68. The van der Waals surface area contributed by atoms with Crippen molar-refractivity contribution in [2.24, 2.45) is 0 Å². The number of sulfonamides is 1. The Balaban J connectivity index is 2.04. The predicted octanol–water partition coefficient (Wildman–Crippen LogP) is 6.67.